The number of hydrogen-bond acceptors (Lipinski definition) is 5. The number of nitrogens with one attached hydrogen (secondary N) is 3. The highest BCUT2D eigenvalue weighted by atomic mass is 16.5. The molecule has 9 nitrogen and oxygen atoms in total. The van der Waals surface area contributed by atoms with Crippen molar-refractivity contribution in [1.82, 2.24) is 20.6 Å². The van der Waals surface area contributed by atoms with Gasteiger partial charge in [0.05, 0.1) is 6.33 Å². The summed E-state index contributed by atoms with van der Waals surface area (Å²) in [6, 6.07) is 14.8. The van der Waals surface area contributed by atoms with Crippen LogP contribution in [0.1, 0.15) is 36.6 Å². The molecule has 2 amide bonds. The number of aromatic nitrogens is 2. The number of fused-ring (bicyclic) bond motifs is 3. The molecule has 34 heavy (non-hydrogen) atoms. The van der Waals surface area contributed by atoms with E-state index >= 15 is 0 Å². The summed E-state index contributed by atoms with van der Waals surface area (Å²) < 4.78 is 5.50. The van der Waals surface area contributed by atoms with Gasteiger partial charge in [0.1, 0.15) is 18.2 Å². The molecule has 1 aliphatic rings. The summed E-state index contributed by atoms with van der Waals surface area (Å²) in [6.07, 6.45) is 2.19. The van der Waals surface area contributed by atoms with E-state index in [1.807, 2.05) is 48.5 Å². The number of carbonyl (C=O) groups excluding carboxylic acids is 2. The lowest BCUT2D eigenvalue weighted by molar-refractivity contribution is -0.142. The molecular formula is C25H26N4O5. The summed E-state index contributed by atoms with van der Waals surface area (Å²) in [6.45, 7) is 3.08. The number of aliphatic carboxylic acids is 1. The second kappa shape index (κ2) is 9.38. The van der Waals surface area contributed by atoms with E-state index in [1.54, 1.807) is 0 Å². The Hall–Kier alpha value is -4.14. The van der Waals surface area contributed by atoms with Crippen LogP contribution in [0.3, 0.4) is 0 Å². The SMILES string of the molecule is CC(C)(NC(=O)OCC1c2ccccc2-c2ccccc21)C(=O)NC(Cc1cnc[nH]1)C(=O)O. The Bertz CT molecular complexity index is 1160. The molecule has 4 rings (SSSR count). The van der Waals surface area contributed by atoms with Gasteiger partial charge in [-0.15, -0.1) is 0 Å². The molecule has 0 bridgehead atoms. The predicted molar refractivity (Wildman–Crippen MR) is 124 cm³/mol. The van der Waals surface area contributed by atoms with Crippen LogP contribution in [0.5, 0.6) is 0 Å². The second-order valence-electron chi connectivity index (χ2n) is 8.72. The minimum absolute atomic E-state index is 0.0299. The number of ether oxygens (including phenoxy) is 1. The number of imidazole rings is 1. The first kappa shape index (κ1) is 23.0. The Labute approximate surface area is 196 Å². The van der Waals surface area contributed by atoms with Gasteiger partial charge in [-0.3, -0.25) is 4.79 Å². The lowest BCUT2D eigenvalue weighted by Gasteiger charge is -2.27. The van der Waals surface area contributed by atoms with Gasteiger partial charge in [-0.05, 0) is 36.1 Å². The molecule has 1 heterocycles. The van der Waals surface area contributed by atoms with Crippen LogP contribution in [0, 0.1) is 0 Å². The molecule has 1 unspecified atom stereocenters. The van der Waals surface area contributed by atoms with Crippen molar-refractivity contribution in [2.75, 3.05) is 6.61 Å². The van der Waals surface area contributed by atoms with Gasteiger partial charge >= 0.3 is 12.1 Å². The maximum Gasteiger partial charge on any atom is 0.408 e. The highest BCUT2D eigenvalue weighted by Crippen LogP contribution is 2.44. The maximum atomic E-state index is 12.8. The van der Waals surface area contributed by atoms with E-state index in [-0.39, 0.29) is 18.9 Å². The Morgan fingerprint density at radius 1 is 1.09 bits per heavy atom. The molecule has 3 aromatic rings. The zero-order valence-electron chi connectivity index (χ0n) is 18.9. The summed E-state index contributed by atoms with van der Waals surface area (Å²) in [5, 5.41) is 14.5. The first-order chi connectivity index (χ1) is 16.3. The lowest BCUT2D eigenvalue weighted by Crippen LogP contribution is -2.58. The third kappa shape index (κ3) is 4.78. The fourth-order valence-electron chi connectivity index (χ4n) is 4.10. The second-order valence-corrected chi connectivity index (χ2v) is 8.72. The molecule has 1 aromatic heterocycles. The van der Waals surface area contributed by atoms with Crippen LogP contribution in [0.4, 0.5) is 4.79 Å². The van der Waals surface area contributed by atoms with Gasteiger partial charge in [-0.25, -0.2) is 14.6 Å². The number of carbonyl (C=O) groups is 3. The molecule has 176 valence electrons. The van der Waals surface area contributed by atoms with Crippen LogP contribution in [0.2, 0.25) is 0 Å². The van der Waals surface area contributed by atoms with E-state index in [0.29, 0.717) is 5.69 Å². The normalized spacial score (nSPS) is 13.5. The van der Waals surface area contributed by atoms with Crippen LogP contribution in [-0.2, 0) is 20.7 Å². The van der Waals surface area contributed by atoms with Gasteiger partial charge in [0, 0.05) is 24.2 Å². The van der Waals surface area contributed by atoms with Crippen molar-refractivity contribution in [3.8, 4) is 11.1 Å². The Balaban J connectivity index is 1.37. The number of aromatic amines is 1. The number of hydrogen-bond donors (Lipinski definition) is 4. The van der Waals surface area contributed by atoms with Crippen LogP contribution in [-0.4, -0.2) is 51.2 Å². The van der Waals surface area contributed by atoms with Gasteiger partial charge in [0.25, 0.3) is 0 Å². The zero-order valence-corrected chi connectivity index (χ0v) is 18.9. The summed E-state index contributed by atoms with van der Waals surface area (Å²) >= 11 is 0. The Morgan fingerprint density at radius 3 is 2.26 bits per heavy atom. The Kier molecular flexibility index (Phi) is 6.36. The topological polar surface area (TPSA) is 133 Å². The van der Waals surface area contributed by atoms with E-state index in [2.05, 4.69) is 20.6 Å². The molecule has 0 radical (unpaired) electrons. The number of carboxylic acids is 1. The minimum atomic E-state index is -1.40. The molecule has 0 spiro atoms. The number of nitrogens with zero attached hydrogens (tertiary/aromatic N) is 1. The third-order valence-electron chi connectivity index (χ3n) is 5.91. The van der Waals surface area contributed by atoms with Crippen molar-refractivity contribution in [3.05, 3.63) is 77.9 Å². The van der Waals surface area contributed by atoms with Gasteiger partial charge in [-0.1, -0.05) is 48.5 Å². The minimum Gasteiger partial charge on any atom is -0.480 e. The number of alkyl carbamates (subject to hydrolysis) is 1. The smallest absolute Gasteiger partial charge is 0.408 e. The number of H-pyrrole nitrogens is 1. The number of carboxylic acid groups (broad SMARTS) is 1. The highest BCUT2D eigenvalue weighted by Gasteiger charge is 2.34. The van der Waals surface area contributed by atoms with Crippen molar-refractivity contribution in [2.45, 2.75) is 37.8 Å². The molecule has 1 atom stereocenters. The highest BCUT2D eigenvalue weighted by molar-refractivity contribution is 5.92. The van der Waals surface area contributed by atoms with E-state index in [0.717, 1.165) is 22.3 Å². The Morgan fingerprint density at radius 2 is 1.71 bits per heavy atom. The standard InChI is InChI=1S/C25H26N4O5/c1-25(2,23(32)28-21(22(30)31)11-15-12-26-14-27-15)29-24(33)34-13-20-18-9-5-3-7-16(18)17-8-4-6-10-19(17)20/h3-10,12,14,20-21H,11,13H2,1-2H3,(H,26,27)(H,28,32)(H,29,33)(H,30,31). The summed E-state index contributed by atoms with van der Waals surface area (Å²) in [5.74, 6) is -1.95. The van der Waals surface area contributed by atoms with E-state index in [1.165, 1.54) is 26.4 Å². The monoisotopic (exact) mass is 462 g/mol. The van der Waals surface area contributed by atoms with Crippen molar-refractivity contribution >= 4 is 18.0 Å². The molecular weight excluding hydrogens is 436 g/mol. The summed E-state index contributed by atoms with van der Waals surface area (Å²) in [7, 11) is 0. The lowest BCUT2D eigenvalue weighted by atomic mass is 9.98. The quantitative estimate of drug-likeness (QED) is 0.407. The molecule has 9 heteroatoms. The maximum absolute atomic E-state index is 12.8. The number of benzene rings is 2. The molecule has 2 aromatic carbocycles. The van der Waals surface area contributed by atoms with E-state index in [4.69, 9.17) is 4.74 Å². The van der Waals surface area contributed by atoms with Crippen LogP contribution in [0.25, 0.3) is 11.1 Å². The molecule has 0 saturated heterocycles. The zero-order chi connectivity index (χ0) is 24.3. The fraction of sp³-hybridized carbons (Fsp3) is 0.280. The largest absolute Gasteiger partial charge is 0.480 e. The van der Waals surface area contributed by atoms with Crippen molar-refractivity contribution in [3.63, 3.8) is 0 Å². The molecule has 0 aliphatic heterocycles. The van der Waals surface area contributed by atoms with Crippen LogP contribution in [0.15, 0.2) is 61.1 Å². The average Bonchev–Trinajstić information content (AvgIpc) is 3.43. The predicted octanol–water partition coefficient (Wildman–Crippen LogP) is 2.84. The summed E-state index contributed by atoms with van der Waals surface area (Å²) in [5.41, 5.74) is 3.56. The van der Waals surface area contributed by atoms with Crippen LogP contribution < -0.4 is 10.6 Å². The van der Waals surface area contributed by atoms with E-state index in [9.17, 15) is 19.5 Å². The molecule has 4 N–H and O–H groups in total. The van der Waals surface area contributed by atoms with Gasteiger partial charge in [0.15, 0.2) is 0 Å². The summed E-state index contributed by atoms with van der Waals surface area (Å²) in [4.78, 5) is 43.6. The van der Waals surface area contributed by atoms with Crippen molar-refractivity contribution in [2.24, 2.45) is 0 Å². The third-order valence-corrected chi connectivity index (χ3v) is 5.91. The van der Waals surface area contributed by atoms with E-state index < -0.39 is 29.6 Å². The molecule has 0 fully saturated rings. The van der Waals surface area contributed by atoms with Gasteiger partial charge in [0.2, 0.25) is 5.91 Å². The first-order valence-corrected chi connectivity index (χ1v) is 10.9. The van der Waals surface area contributed by atoms with Crippen molar-refractivity contribution in [1.29, 1.82) is 0 Å². The van der Waals surface area contributed by atoms with Gasteiger partial charge < -0.3 is 25.5 Å². The van der Waals surface area contributed by atoms with Crippen molar-refractivity contribution < 1.29 is 24.2 Å². The first-order valence-electron chi connectivity index (χ1n) is 10.9. The number of amides is 2. The van der Waals surface area contributed by atoms with Crippen LogP contribution >= 0.6 is 0 Å². The number of rotatable bonds is 8. The molecule has 0 saturated carbocycles. The fourth-order valence-corrected chi connectivity index (χ4v) is 4.10. The average molecular weight is 463 g/mol. The molecule has 1 aliphatic carbocycles. The van der Waals surface area contributed by atoms with Gasteiger partial charge in [-0.2, -0.15) is 0 Å².